The summed E-state index contributed by atoms with van der Waals surface area (Å²) in [6.45, 7) is 0. The van der Waals surface area contributed by atoms with Crippen LogP contribution in [0.4, 0.5) is 5.00 Å². The summed E-state index contributed by atoms with van der Waals surface area (Å²) in [7, 11) is 0. The lowest BCUT2D eigenvalue weighted by Crippen LogP contribution is -1.84. The maximum absolute atomic E-state index is 10.7. The third-order valence-electron chi connectivity index (χ3n) is 1.84. The van der Waals surface area contributed by atoms with E-state index in [1.807, 2.05) is 18.2 Å². The molecule has 0 fully saturated rings. The number of nitrogen functional groups attached to an aromatic ring is 1. The van der Waals surface area contributed by atoms with Gasteiger partial charge in [-0.05, 0) is 28.7 Å². The van der Waals surface area contributed by atoms with Crippen LogP contribution >= 0.6 is 33.9 Å². The minimum Gasteiger partial charge on any atom is -0.390 e. The number of thiophene rings is 1. The molecule has 0 saturated carbocycles. The Kier molecular flexibility index (Phi) is 2.25. The topological polar surface area (TPSA) is 43.1 Å². The van der Waals surface area contributed by atoms with Gasteiger partial charge in [0.1, 0.15) is 5.00 Å². The molecule has 2 rings (SSSR count). The van der Waals surface area contributed by atoms with Crippen molar-refractivity contribution < 1.29 is 4.79 Å². The first-order chi connectivity index (χ1) is 6.24. The number of anilines is 1. The van der Waals surface area contributed by atoms with E-state index in [0.717, 1.165) is 30.5 Å². The van der Waals surface area contributed by atoms with E-state index < -0.39 is 0 Å². The summed E-state index contributed by atoms with van der Waals surface area (Å²) in [4.78, 5) is 10.7. The number of hydrogen-bond donors (Lipinski definition) is 1. The van der Waals surface area contributed by atoms with Crippen LogP contribution in [0.25, 0.3) is 10.1 Å². The Hall–Kier alpha value is -0.620. The summed E-state index contributed by atoms with van der Waals surface area (Å²) in [5, 5.41) is 1.77. The standard InChI is InChI=1S/C9H6INOS/c10-8-7-5(4-12)2-1-3-6(7)13-9(8)11/h1-4H,11H2. The maximum Gasteiger partial charge on any atom is 0.150 e. The molecular formula is C9H6INOS. The van der Waals surface area contributed by atoms with Gasteiger partial charge in [-0.15, -0.1) is 11.3 Å². The zero-order valence-corrected chi connectivity index (χ0v) is 9.56. The Balaban J connectivity index is 2.94. The second-order valence-electron chi connectivity index (χ2n) is 2.62. The van der Waals surface area contributed by atoms with Crippen molar-refractivity contribution in [3.63, 3.8) is 0 Å². The number of fused-ring (bicyclic) bond motifs is 1. The monoisotopic (exact) mass is 303 g/mol. The summed E-state index contributed by atoms with van der Waals surface area (Å²) < 4.78 is 2.06. The predicted octanol–water partition coefficient (Wildman–Crippen LogP) is 2.90. The molecule has 0 atom stereocenters. The van der Waals surface area contributed by atoms with Crippen molar-refractivity contribution in [2.45, 2.75) is 0 Å². The Labute approximate surface area is 92.9 Å². The van der Waals surface area contributed by atoms with E-state index in [0.29, 0.717) is 0 Å². The molecule has 0 amide bonds. The first-order valence-electron chi connectivity index (χ1n) is 3.65. The fourth-order valence-electron chi connectivity index (χ4n) is 1.25. The third kappa shape index (κ3) is 1.34. The van der Waals surface area contributed by atoms with Gasteiger partial charge in [0, 0.05) is 15.6 Å². The minimum absolute atomic E-state index is 0.717. The van der Waals surface area contributed by atoms with Crippen molar-refractivity contribution >= 4 is 55.3 Å². The second-order valence-corrected chi connectivity index (χ2v) is 4.78. The first kappa shape index (κ1) is 8.96. The minimum atomic E-state index is 0.717. The van der Waals surface area contributed by atoms with Crippen LogP contribution < -0.4 is 5.73 Å². The van der Waals surface area contributed by atoms with Crippen molar-refractivity contribution in [1.29, 1.82) is 0 Å². The van der Waals surface area contributed by atoms with Crippen molar-refractivity contribution in [2.75, 3.05) is 5.73 Å². The molecule has 13 heavy (non-hydrogen) atoms. The molecular weight excluding hydrogens is 297 g/mol. The molecule has 0 unspecified atom stereocenters. The largest absolute Gasteiger partial charge is 0.390 e. The summed E-state index contributed by atoms with van der Waals surface area (Å²) in [5.74, 6) is 0. The van der Waals surface area contributed by atoms with Crippen LogP contribution in [0, 0.1) is 3.57 Å². The van der Waals surface area contributed by atoms with Crippen LogP contribution in [-0.2, 0) is 0 Å². The van der Waals surface area contributed by atoms with Crippen LogP contribution in [0.15, 0.2) is 18.2 Å². The van der Waals surface area contributed by atoms with E-state index in [4.69, 9.17) is 5.73 Å². The molecule has 0 aliphatic rings. The van der Waals surface area contributed by atoms with Crippen LogP contribution in [-0.4, -0.2) is 6.29 Å². The molecule has 2 N–H and O–H groups in total. The number of carbonyl (C=O) groups is 1. The number of rotatable bonds is 1. The molecule has 0 aliphatic heterocycles. The first-order valence-corrected chi connectivity index (χ1v) is 5.55. The molecule has 1 heterocycles. The molecule has 2 aromatic rings. The molecule has 1 aromatic heterocycles. The number of hydrogen-bond acceptors (Lipinski definition) is 3. The second kappa shape index (κ2) is 3.26. The number of nitrogens with two attached hydrogens (primary N) is 1. The van der Waals surface area contributed by atoms with Crippen molar-refractivity contribution in [3.8, 4) is 0 Å². The van der Waals surface area contributed by atoms with Crippen molar-refractivity contribution in [3.05, 3.63) is 27.3 Å². The Morgan fingerprint density at radius 1 is 1.46 bits per heavy atom. The third-order valence-corrected chi connectivity index (χ3v) is 4.31. The number of halogens is 1. The fourth-order valence-corrected chi connectivity index (χ4v) is 3.27. The van der Waals surface area contributed by atoms with Crippen molar-refractivity contribution in [2.24, 2.45) is 0 Å². The highest BCUT2D eigenvalue weighted by Gasteiger charge is 2.09. The van der Waals surface area contributed by atoms with E-state index >= 15 is 0 Å². The summed E-state index contributed by atoms with van der Waals surface area (Å²) in [5.41, 5.74) is 6.49. The molecule has 66 valence electrons. The lowest BCUT2D eigenvalue weighted by molar-refractivity contribution is 0.112. The highest BCUT2D eigenvalue weighted by atomic mass is 127. The molecule has 2 nitrogen and oxygen atoms in total. The quantitative estimate of drug-likeness (QED) is 0.650. The van der Waals surface area contributed by atoms with Gasteiger partial charge in [0.2, 0.25) is 0 Å². The molecule has 4 heteroatoms. The maximum atomic E-state index is 10.7. The fraction of sp³-hybridized carbons (Fsp3) is 0. The summed E-state index contributed by atoms with van der Waals surface area (Å²) in [6.07, 6.45) is 0.872. The molecule has 0 aliphatic carbocycles. The van der Waals surface area contributed by atoms with E-state index in [-0.39, 0.29) is 0 Å². The van der Waals surface area contributed by atoms with Crippen LogP contribution in [0.1, 0.15) is 10.4 Å². The van der Waals surface area contributed by atoms with Crippen LogP contribution in [0.3, 0.4) is 0 Å². The smallest absolute Gasteiger partial charge is 0.150 e. The van der Waals surface area contributed by atoms with Gasteiger partial charge in [-0.3, -0.25) is 4.79 Å². The Bertz CT molecular complexity index is 478. The normalized spacial score (nSPS) is 10.5. The highest BCUT2D eigenvalue weighted by Crippen LogP contribution is 2.35. The molecule has 0 spiro atoms. The molecule has 0 radical (unpaired) electrons. The van der Waals surface area contributed by atoms with Gasteiger partial charge >= 0.3 is 0 Å². The molecule has 0 saturated heterocycles. The lowest BCUT2D eigenvalue weighted by atomic mass is 10.1. The summed E-state index contributed by atoms with van der Waals surface area (Å²) >= 11 is 3.69. The van der Waals surface area contributed by atoms with Crippen LogP contribution in [0.5, 0.6) is 0 Å². The van der Waals surface area contributed by atoms with Gasteiger partial charge in [0.25, 0.3) is 0 Å². The van der Waals surface area contributed by atoms with Gasteiger partial charge < -0.3 is 5.73 Å². The van der Waals surface area contributed by atoms with Gasteiger partial charge in [-0.25, -0.2) is 0 Å². The van der Waals surface area contributed by atoms with E-state index in [9.17, 15) is 4.79 Å². The predicted molar refractivity (Wildman–Crippen MR) is 64.3 cm³/mol. The van der Waals surface area contributed by atoms with Crippen molar-refractivity contribution in [1.82, 2.24) is 0 Å². The van der Waals surface area contributed by atoms with E-state index in [1.54, 1.807) is 0 Å². The van der Waals surface area contributed by atoms with Gasteiger partial charge in [-0.2, -0.15) is 0 Å². The van der Waals surface area contributed by atoms with Gasteiger partial charge in [0.05, 0.1) is 3.57 Å². The van der Waals surface area contributed by atoms with E-state index in [1.165, 1.54) is 11.3 Å². The average molecular weight is 303 g/mol. The van der Waals surface area contributed by atoms with Gasteiger partial charge in [0.15, 0.2) is 6.29 Å². The highest BCUT2D eigenvalue weighted by molar-refractivity contribution is 14.1. The number of aldehydes is 1. The Morgan fingerprint density at radius 2 is 2.23 bits per heavy atom. The number of benzene rings is 1. The van der Waals surface area contributed by atoms with Gasteiger partial charge in [-0.1, -0.05) is 12.1 Å². The average Bonchev–Trinajstić information content (AvgIpc) is 2.43. The number of carbonyl (C=O) groups excluding carboxylic acids is 1. The van der Waals surface area contributed by atoms with E-state index in [2.05, 4.69) is 22.6 Å². The SMILES string of the molecule is Nc1sc2cccc(C=O)c2c1I. The zero-order valence-electron chi connectivity index (χ0n) is 6.58. The Morgan fingerprint density at radius 3 is 2.92 bits per heavy atom. The lowest BCUT2D eigenvalue weighted by Gasteiger charge is -1.93. The zero-order chi connectivity index (χ0) is 9.42. The molecule has 1 aromatic carbocycles. The summed E-state index contributed by atoms with van der Waals surface area (Å²) in [6, 6.07) is 5.66. The van der Waals surface area contributed by atoms with Crippen LogP contribution in [0.2, 0.25) is 0 Å². The molecule has 0 bridgehead atoms.